The third-order valence-electron chi connectivity index (χ3n) is 4.27. The quantitative estimate of drug-likeness (QED) is 0.630. The number of benzene rings is 2. The second-order valence-electron chi connectivity index (χ2n) is 6.17. The molecule has 0 radical (unpaired) electrons. The van der Waals surface area contributed by atoms with Gasteiger partial charge >= 0.3 is 0 Å². The first-order valence-electron chi connectivity index (χ1n) is 8.97. The van der Waals surface area contributed by atoms with Crippen LogP contribution in [0.15, 0.2) is 77.4 Å². The molecular weight excluding hydrogens is 356 g/mol. The predicted molar refractivity (Wildman–Crippen MR) is 105 cm³/mol. The number of furan rings is 1. The first-order chi connectivity index (χ1) is 13.7. The molecule has 0 fully saturated rings. The van der Waals surface area contributed by atoms with Gasteiger partial charge in [0, 0.05) is 13.0 Å². The molecule has 2 amide bonds. The van der Waals surface area contributed by atoms with Gasteiger partial charge in [-0.2, -0.15) is 0 Å². The van der Waals surface area contributed by atoms with Crippen LogP contribution >= 0.6 is 0 Å². The van der Waals surface area contributed by atoms with E-state index in [2.05, 4.69) is 10.6 Å². The standard InChI is InChI=1S/C22H22N2O4/c1-27-18-11-9-17(10-12-18)21(16-6-3-2-4-7-16)24-20(25)13-14-23-22(26)19-8-5-15-28-19/h2-12,15,21H,13-14H2,1H3,(H,23,26)(H,24,25). The molecular formula is C22H22N2O4. The zero-order valence-electron chi connectivity index (χ0n) is 15.6. The molecule has 2 aromatic carbocycles. The second kappa shape index (κ2) is 9.41. The lowest BCUT2D eigenvalue weighted by Crippen LogP contribution is -2.33. The SMILES string of the molecule is COc1ccc(C(NC(=O)CCNC(=O)c2ccco2)c2ccccc2)cc1. The summed E-state index contributed by atoms with van der Waals surface area (Å²) in [5.41, 5.74) is 1.92. The minimum absolute atomic E-state index is 0.159. The number of hydrogen-bond acceptors (Lipinski definition) is 4. The van der Waals surface area contributed by atoms with E-state index in [-0.39, 0.29) is 36.6 Å². The Balaban J connectivity index is 1.63. The van der Waals surface area contributed by atoms with Gasteiger partial charge in [-0.3, -0.25) is 9.59 Å². The molecule has 0 spiro atoms. The molecule has 6 heteroatoms. The van der Waals surface area contributed by atoms with Crippen LogP contribution < -0.4 is 15.4 Å². The number of rotatable bonds is 8. The van der Waals surface area contributed by atoms with Crippen molar-refractivity contribution in [2.75, 3.05) is 13.7 Å². The largest absolute Gasteiger partial charge is 0.497 e. The molecule has 0 saturated heterocycles. The topological polar surface area (TPSA) is 80.6 Å². The summed E-state index contributed by atoms with van der Waals surface area (Å²) >= 11 is 0. The van der Waals surface area contributed by atoms with E-state index >= 15 is 0 Å². The summed E-state index contributed by atoms with van der Waals surface area (Å²) < 4.78 is 10.2. The van der Waals surface area contributed by atoms with Gasteiger partial charge in [-0.25, -0.2) is 0 Å². The van der Waals surface area contributed by atoms with Crippen molar-refractivity contribution in [3.05, 3.63) is 89.9 Å². The molecule has 0 saturated carbocycles. The average molecular weight is 378 g/mol. The van der Waals surface area contributed by atoms with Gasteiger partial charge in [0.1, 0.15) is 5.75 Å². The van der Waals surface area contributed by atoms with Gasteiger partial charge < -0.3 is 19.8 Å². The Morgan fingerprint density at radius 1 is 0.964 bits per heavy atom. The zero-order valence-corrected chi connectivity index (χ0v) is 15.6. The highest BCUT2D eigenvalue weighted by molar-refractivity contribution is 5.91. The summed E-state index contributed by atoms with van der Waals surface area (Å²) in [6.45, 7) is 0.218. The van der Waals surface area contributed by atoms with Crippen LogP contribution in [0.1, 0.15) is 34.1 Å². The Morgan fingerprint density at radius 2 is 1.68 bits per heavy atom. The van der Waals surface area contributed by atoms with Gasteiger partial charge in [-0.05, 0) is 35.4 Å². The zero-order chi connectivity index (χ0) is 19.8. The Morgan fingerprint density at radius 3 is 2.32 bits per heavy atom. The molecule has 28 heavy (non-hydrogen) atoms. The van der Waals surface area contributed by atoms with Gasteiger partial charge in [0.05, 0.1) is 19.4 Å². The maximum absolute atomic E-state index is 12.5. The maximum atomic E-state index is 12.5. The number of methoxy groups -OCH3 is 1. The van der Waals surface area contributed by atoms with E-state index in [4.69, 9.17) is 9.15 Å². The molecule has 0 aliphatic rings. The van der Waals surface area contributed by atoms with E-state index in [1.165, 1.54) is 6.26 Å². The predicted octanol–water partition coefficient (Wildman–Crippen LogP) is 3.31. The summed E-state index contributed by atoms with van der Waals surface area (Å²) in [7, 11) is 1.61. The lowest BCUT2D eigenvalue weighted by molar-refractivity contribution is -0.121. The molecule has 3 rings (SSSR count). The van der Waals surface area contributed by atoms with E-state index in [1.54, 1.807) is 19.2 Å². The lowest BCUT2D eigenvalue weighted by atomic mass is 9.98. The van der Waals surface area contributed by atoms with E-state index in [0.717, 1.165) is 16.9 Å². The van der Waals surface area contributed by atoms with Crippen LogP contribution in [0, 0.1) is 0 Å². The van der Waals surface area contributed by atoms with Gasteiger partial charge in [0.25, 0.3) is 5.91 Å². The Hall–Kier alpha value is -3.54. The molecule has 1 atom stereocenters. The highest BCUT2D eigenvalue weighted by Gasteiger charge is 2.17. The molecule has 0 bridgehead atoms. The van der Waals surface area contributed by atoms with Gasteiger partial charge in [0.2, 0.25) is 5.91 Å². The highest BCUT2D eigenvalue weighted by atomic mass is 16.5. The number of hydrogen-bond donors (Lipinski definition) is 2. The van der Waals surface area contributed by atoms with Crippen LogP contribution in [0.5, 0.6) is 5.75 Å². The van der Waals surface area contributed by atoms with Crippen molar-refractivity contribution in [2.45, 2.75) is 12.5 Å². The normalized spacial score (nSPS) is 11.5. The smallest absolute Gasteiger partial charge is 0.286 e. The average Bonchev–Trinajstić information content (AvgIpc) is 3.28. The number of carbonyl (C=O) groups excluding carboxylic acids is 2. The summed E-state index contributed by atoms with van der Waals surface area (Å²) in [4.78, 5) is 24.3. The van der Waals surface area contributed by atoms with Crippen molar-refractivity contribution < 1.29 is 18.7 Å². The third-order valence-corrected chi connectivity index (χ3v) is 4.27. The summed E-state index contributed by atoms with van der Waals surface area (Å²) in [6.07, 6.45) is 1.59. The maximum Gasteiger partial charge on any atom is 0.286 e. The number of ether oxygens (including phenoxy) is 1. The molecule has 1 aromatic heterocycles. The molecule has 3 aromatic rings. The molecule has 1 unspecified atom stereocenters. The minimum atomic E-state index is -0.340. The number of amides is 2. The molecule has 144 valence electrons. The minimum Gasteiger partial charge on any atom is -0.497 e. The summed E-state index contributed by atoms with van der Waals surface area (Å²) in [5.74, 6) is 0.473. The van der Waals surface area contributed by atoms with E-state index in [0.29, 0.717) is 0 Å². The van der Waals surface area contributed by atoms with Crippen molar-refractivity contribution in [3.63, 3.8) is 0 Å². The van der Waals surface area contributed by atoms with Crippen molar-refractivity contribution in [1.29, 1.82) is 0 Å². The number of carbonyl (C=O) groups is 2. The van der Waals surface area contributed by atoms with Crippen molar-refractivity contribution in [2.24, 2.45) is 0 Å². The fourth-order valence-electron chi connectivity index (χ4n) is 2.82. The van der Waals surface area contributed by atoms with Crippen LogP contribution in [0.2, 0.25) is 0 Å². The molecule has 6 nitrogen and oxygen atoms in total. The fourth-order valence-corrected chi connectivity index (χ4v) is 2.82. The molecule has 1 heterocycles. The lowest BCUT2D eigenvalue weighted by Gasteiger charge is -2.20. The van der Waals surface area contributed by atoms with Crippen molar-refractivity contribution >= 4 is 11.8 Å². The van der Waals surface area contributed by atoms with E-state index in [1.807, 2.05) is 54.6 Å². The van der Waals surface area contributed by atoms with Crippen LogP contribution in [0.3, 0.4) is 0 Å². The summed E-state index contributed by atoms with van der Waals surface area (Å²) in [5, 5.41) is 5.71. The Labute approximate surface area is 163 Å². The van der Waals surface area contributed by atoms with Crippen LogP contribution in [0.25, 0.3) is 0 Å². The monoisotopic (exact) mass is 378 g/mol. The van der Waals surface area contributed by atoms with Crippen LogP contribution in [-0.4, -0.2) is 25.5 Å². The van der Waals surface area contributed by atoms with Gasteiger partial charge in [0.15, 0.2) is 5.76 Å². The first-order valence-corrected chi connectivity index (χ1v) is 8.97. The molecule has 2 N–H and O–H groups in total. The number of nitrogens with one attached hydrogen (secondary N) is 2. The van der Waals surface area contributed by atoms with Gasteiger partial charge in [-0.15, -0.1) is 0 Å². The van der Waals surface area contributed by atoms with Gasteiger partial charge in [-0.1, -0.05) is 42.5 Å². The van der Waals surface area contributed by atoms with E-state index in [9.17, 15) is 9.59 Å². The van der Waals surface area contributed by atoms with Crippen molar-refractivity contribution in [1.82, 2.24) is 10.6 Å². The Bertz CT molecular complexity index is 890. The fraction of sp³-hybridized carbons (Fsp3) is 0.182. The second-order valence-corrected chi connectivity index (χ2v) is 6.17. The highest BCUT2D eigenvalue weighted by Crippen LogP contribution is 2.24. The first kappa shape index (κ1) is 19.2. The van der Waals surface area contributed by atoms with E-state index < -0.39 is 0 Å². The third kappa shape index (κ3) is 5.01. The Kier molecular flexibility index (Phi) is 6.46. The van der Waals surface area contributed by atoms with Crippen molar-refractivity contribution in [3.8, 4) is 5.75 Å². The molecule has 0 aliphatic carbocycles. The van der Waals surface area contributed by atoms with Crippen LogP contribution in [-0.2, 0) is 4.79 Å². The molecule has 0 aliphatic heterocycles. The summed E-state index contributed by atoms with van der Waals surface area (Å²) in [6, 6.07) is 20.2. The van der Waals surface area contributed by atoms with Crippen LogP contribution in [0.4, 0.5) is 0 Å².